The Morgan fingerprint density at radius 1 is 0.351 bits per heavy atom. The molecule has 0 spiro atoms. The highest BCUT2D eigenvalue weighted by atomic mass is 32.2. The molecule has 57 heavy (non-hydrogen) atoms. The fourth-order valence-corrected chi connectivity index (χ4v) is 3.41. The van der Waals surface area contributed by atoms with Gasteiger partial charge in [0.15, 0.2) is 30.4 Å². The lowest BCUT2D eigenvalue weighted by Crippen LogP contribution is -2.21. The molecule has 0 aliphatic rings. The molecule has 0 heterocycles. The molecule has 330 valence electrons. The van der Waals surface area contributed by atoms with Crippen molar-refractivity contribution < 1.29 is 78.4 Å². The average Bonchev–Trinajstić information content (AvgIpc) is 2.95. The van der Waals surface area contributed by atoms with Gasteiger partial charge in [0, 0.05) is 0 Å². The molecule has 0 amide bonds. The second-order valence-corrected chi connectivity index (χ2v) is 20.0. The lowest BCUT2D eigenvalue weighted by molar-refractivity contribution is -0.0522. The van der Waals surface area contributed by atoms with Crippen molar-refractivity contribution in [1.29, 1.82) is 0 Å². The minimum atomic E-state index is -6.09. The first-order chi connectivity index (χ1) is 24.7. The van der Waals surface area contributed by atoms with E-state index in [1.807, 2.05) is 0 Å². The molecule has 0 aliphatic carbocycles. The van der Waals surface area contributed by atoms with E-state index < -0.39 is 46.9 Å². The summed E-state index contributed by atoms with van der Waals surface area (Å²) >= 11 is 10.4. The average molecular weight is 949 g/mol. The van der Waals surface area contributed by atoms with Crippen molar-refractivity contribution in [3.8, 4) is 0 Å². The van der Waals surface area contributed by atoms with Gasteiger partial charge in [0.1, 0.15) is 14.7 Å². The van der Waals surface area contributed by atoms with Gasteiger partial charge in [0.05, 0.1) is 0 Å². The predicted molar refractivity (Wildman–Crippen MR) is 208 cm³/mol. The third kappa shape index (κ3) is 27.2. The third-order valence-electron chi connectivity index (χ3n) is 6.10. The summed E-state index contributed by atoms with van der Waals surface area (Å²) in [6.45, 7) is 20.0. The van der Waals surface area contributed by atoms with Crippen LogP contribution >= 0.6 is 0 Å². The summed E-state index contributed by atoms with van der Waals surface area (Å²) in [5.74, 6) is 0. The first-order valence-electron chi connectivity index (χ1n) is 15.3. The zero-order valence-corrected chi connectivity index (χ0v) is 37.2. The Hall–Kier alpha value is -2.19. The highest BCUT2D eigenvalue weighted by Crippen LogP contribution is 2.25. The van der Waals surface area contributed by atoms with Gasteiger partial charge in [0.25, 0.3) is 0 Å². The smallest absolute Gasteiger partial charge is 0.485 e. The van der Waals surface area contributed by atoms with Gasteiger partial charge in [-0.3, -0.25) is 0 Å². The van der Waals surface area contributed by atoms with E-state index in [0.717, 1.165) is 14.7 Å². The maximum atomic E-state index is 10.7. The second kappa shape index (κ2) is 22.4. The molecule has 3 aromatic carbocycles. The van der Waals surface area contributed by atoms with E-state index in [9.17, 15) is 39.5 Å². The summed E-state index contributed by atoms with van der Waals surface area (Å²) in [5, 5.41) is 0. The van der Waals surface area contributed by atoms with E-state index in [-0.39, 0.29) is 16.2 Å². The van der Waals surface area contributed by atoms with Crippen molar-refractivity contribution in [2.75, 3.05) is 0 Å². The molecular weight excluding hydrogens is 904 g/mol. The highest BCUT2D eigenvalue weighted by molar-refractivity contribution is 7.87. The molecule has 3 aromatic rings. The third-order valence-corrected chi connectivity index (χ3v) is 8.80. The van der Waals surface area contributed by atoms with Gasteiger partial charge in [-0.05, 0) is 107 Å². The Morgan fingerprint density at radius 3 is 0.526 bits per heavy atom. The van der Waals surface area contributed by atoms with E-state index >= 15 is 0 Å². The summed E-state index contributed by atoms with van der Waals surface area (Å²) in [4.78, 5) is 3.41. The lowest BCUT2D eigenvalue weighted by atomic mass is 9.87. The lowest BCUT2D eigenvalue weighted by Gasteiger charge is -2.18. The molecule has 0 saturated carbocycles. The number of benzene rings is 3. The monoisotopic (exact) mass is 948 g/mol. The van der Waals surface area contributed by atoms with E-state index in [1.54, 1.807) is 0 Å². The van der Waals surface area contributed by atoms with Gasteiger partial charge in [-0.25, -0.2) is 25.3 Å². The van der Waals surface area contributed by atoms with E-state index in [4.69, 9.17) is 38.9 Å². The van der Waals surface area contributed by atoms with Gasteiger partial charge in [0.2, 0.25) is 0 Å². The molecule has 0 saturated heterocycles. The molecule has 0 unspecified atom stereocenters. The standard InChI is InChI=1S/3C10H14S.3CHF3O3S/c3*1-10(2,3)8-4-6-9(11)7-5-8;3*2-1(3,4)8(5,6)7/h3*4-7,11H,1-3H3;3*(H,5,6,7). The zero-order chi connectivity index (χ0) is 46.4. The Morgan fingerprint density at radius 2 is 0.456 bits per heavy atom. The molecule has 0 aromatic heterocycles. The molecular formula is C33H45F9O9S6. The normalized spacial score (nSPS) is 12.6. The number of alkyl halides is 9. The zero-order valence-electron chi connectivity index (χ0n) is 31.7. The molecule has 0 N–H and O–H groups in total. The van der Waals surface area contributed by atoms with Crippen molar-refractivity contribution in [2.24, 2.45) is 0 Å². The van der Waals surface area contributed by atoms with Crippen LogP contribution in [0, 0.1) is 0 Å². The number of hydrogen-bond donors (Lipinski definition) is 0. The summed E-state index contributed by atoms with van der Waals surface area (Å²) in [5.41, 5.74) is -12.0. The van der Waals surface area contributed by atoms with Gasteiger partial charge < -0.3 is 13.7 Å². The van der Waals surface area contributed by atoms with Crippen LogP contribution in [0.3, 0.4) is 0 Å². The fourth-order valence-electron chi connectivity index (χ4n) is 2.91. The van der Waals surface area contributed by atoms with Gasteiger partial charge in [-0.1, -0.05) is 98.7 Å². The first-order valence-corrected chi connectivity index (χ1v) is 21.0. The summed E-state index contributed by atoms with van der Waals surface area (Å²) in [6.07, 6.45) is 0. The molecule has 0 atom stereocenters. The Kier molecular flexibility index (Phi) is 23.3. The topological polar surface area (TPSA) is 172 Å². The molecule has 24 heteroatoms. The maximum Gasteiger partial charge on any atom is 0.485 e. The molecule has 9 nitrogen and oxygen atoms in total. The van der Waals surface area contributed by atoms with E-state index in [0.29, 0.717) is 0 Å². The van der Waals surface area contributed by atoms with Gasteiger partial charge in [-0.2, -0.15) is 39.5 Å². The Balaban J connectivity index is -0.000000619. The Bertz CT molecular complexity index is 1730. The fraction of sp³-hybridized carbons (Fsp3) is 0.455. The Labute approximate surface area is 344 Å². The number of hydrogen-bond acceptors (Lipinski definition) is 9. The molecule has 0 bridgehead atoms. The van der Waals surface area contributed by atoms with Crippen LogP contribution in [0.25, 0.3) is 0 Å². The van der Waals surface area contributed by atoms with Crippen LogP contribution in [0.15, 0.2) is 87.5 Å². The van der Waals surface area contributed by atoms with Crippen LogP contribution in [-0.2, 0) is 84.5 Å². The molecule has 3 rings (SSSR count). The maximum absolute atomic E-state index is 10.7. The minimum absolute atomic E-state index is 0.264. The second-order valence-electron chi connectivity index (χ2n) is 14.2. The van der Waals surface area contributed by atoms with Crippen LogP contribution in [-0.4, -0.2) is 55.4 Å². The van der Waals surface area contributed by atoms with Crippen LogP contribution in [0.1, 0.15) is 79.0 Å². The van der Waals surface area contributed by atoms with Gasteiger partial charge >= 0.3 is 16.5 Å². The molecule has 0 aliphatic heterocycles. The van der Waals surface area contributed by atoms with Gasteiger partial charge in [-0.15, -0.1) is 0 Å². The highest BCUT2D eigenvalue weighted by Gasteiger charge is 2.38. The van der Waals surface area contributed by atoms with Crippen LogP contribution in [0.4, 0.5) is 39.5 Å². The van der Waals surface area contributed by atoms with Crippen LogP contribution < -0.4 is 0 Å². The minimum Gasteiger partial charge on any atom is -0.741 e. The first kappa shape index (κ1) is 59.1. The quantitative estimate of drug-likeness (QED) is 0.0977. The van der Waals surface area contributed by atoms with Crippen molar-refractivity contribution in [3.63, 3.8) is 0 Å². The summed E-state index contributed by atoms with van der Waals surface area (Å²) < 4.78 is 177. The predicted octanol–water partition coefficient (Wildman–Crippen LogP) is 7.22. The number of rotatable bonds is 0. The largest absolute Gasteiger partial charge is 0.741 e. The van der Waals surface area contributed by atoms with Crippen molar-refractivity contribution in [1.82, 2.24) is 0 Å². The number of halogens is 9. The SMILES string of the molecule is CC(C)(C)c1ccc([SH2+])cc1.CC(C)(C)c1ccc([SH2+])cc1.CC(C)(C)c1ccc([SH2+])cc1.O=S(=O)([O-])C(F)(F)F.O=S(=O)([O-])C(F)(F)F.O=S(=O)([O-])C(F)(F)F. The van der Waals surface area contributed by atoms with Crippen LogP contribution in [0.2, 0.25) is 0 Å². The van der Waals surface area contributed by atoms with E-state index in [2.05, 4.69) is 173 Å². The van der Waals surface area contributed by atoms with E-state index in [1.165, 1.54) is 16.7 Å². The van der Waals surface area contributed by atoms with Crippen LogP contribution in [0.5, 0.6) is 0 Å². The summed E-state index contributed by atoms with van der Waals surface area (Å²) in [7, 11) is -18.3. The van der Waals surface area contributed by atoms with Crippen molar-refractivity contribution in [3.05, 3.63) is 89.5 Å². The molecule has 0 radical (unpaired) electrons. The van der Waals surface area contributed by atoms with Crippen molar-refractivity contribution >= 4 is 68.2 Å². The van der Waals surface area contributed by atoms with Crippen molar-refractivity contribution in [2.45, 2.75) is 110 Å². The summed E-state index contributed by atoms with van der Waals surface area (Å²) in [6, 6.07) is 25.4. The molecule has 0 fully saturated rings.